The molecule has 8 heteroatoms. The van der Waals surface area contributed by atoms with Crippen molar-refractivity contribution in [3.63, 3.8) is 0 Å². The predicted octanol–water partition coefficient (Wildman–Crippen LogP) is 5.48. The second kappa shape index (κ2) is 11.4. The summed E-state index contributed by atoms with van der Waals surface area (Å²) in [6, 6.07) is 16.4. The lowest BCUT2D eigenvalue weighted by atomic mass is 9.96. The summed E-state index contributed by atoms with van der Waals surface area (Å²) < 4.78 is 5.11. The second-order valence-corrected chi connectivity index (χ2v) is 10.3. The Bertz CT molecular complexity index is 1180. The lowest BCUT2D eigenvalue weighted by Crippen LogP contribution is -2.51. The van der Waals surface area contributed by atoms with Gasteiger partial charge in [-0.25, -0.2) is 0 Å². The molecule has 1 aromatic heterocycles. The van der Waals surface area contributed by atoms with Crippen molar-refractivity contribution >= 4 is 35.0 Å². The number of benzene rings is 2. The zero-order valence-electron chi connectivity index (χ0n) is 21.2. The Morgan fingerprint density at radius 2 is 1.56 bits per heavy atom. The first kappa shape index (κ1) is 27.0. The zero-order chi connectivity index (χ0) is 26.5. The fourth-order valence-corrected chi connectivity index (χ4v) is 3.82. The summed E-state index contributed by atoms with van der Waals surface area (Å²) in [5, 5.41) is 6.07. The lowest BCUT2D eigenvalue weighted by molar-refractivity contribution is -0.127. The minimum absolute atomic E-state index is 0.0899. The third-order valence-electron chi connectivity index (χ3n) is 5.44. The number of nitrogens with one attached hydrogen (secondary N) is 2. The minimum Gasteiger partial charge on any atom is -0.459 e. The number of amides is 3. The van der Waals surface area contributed by atoms with E-state index in [4.69, 9.17) is 16.0 Å². The van der Waals surface area contributed by atoms with Gasteiger partial charge in [0.1, 0.15) is 6.04 Å². The fourth-order valence-electron chi connectivity index (χ4n) is 3.69. The molecule has 1 atom stereocenters. The largest absolute Gasteiger partial charge is 0.459 e. The Morgan fingerprint density at radius 1 is 0.944 bits per heavy atom. The van der Waals surface area contributed by atoms with Crippen LogP contribution in [0.5, 0.6) is 0 Å². The Balaban J connectivity index is 2.03. The van der Waals surface area contributed by atoms with Crippen molar-refractivity contribution in [2.45, 2.75) is 52.1 Å². The van der Waals surface area contributed by atoms with Crippen LogP contribution in [0.25, 0.3) is 0 Å². The van der Waals surface area contributed by atoms with Crippen LogP contribution in [0.3, 0.4) is 0 Å². The molecular formula is C28H32ClN3O4. The van der Waals surface area contributed by atoms with Crippen LogP contribution in [0, 0.1) is 0 Å². The average molecular weight is 510 g/mol. The molecule has 36 heavy (non-hydrogen) atoms. The molecule has 0 bridgehead atoms. The van der Waals surface area contributed by atoms with Crippen LogP contribution in [-0.4, -0.2) is 29.8 Å². The number of carbonyl (C=O) groups is 3. The van der Waals surface area contributed by atoms with Gasteiger partial charge in [-0.1, -0.05) is 49.7 Å². The lowest BCUT2D eigenvalue weighted by Gasteiger charge is -2.34. The number of rotatable bonds is 8. The van der Waals surface area contributed by atoms with Gasteiger partial charge in [0.2, 0.25) is 11.8 Å². The van der Waals surface area contributed by atoms with E-state index >= 15 is 0 Å². The predicted molar refractivity (Wildman–Crippen MR) is 141 cm³/mol. The van der Waals surface area contributed by atoms with E-state index in [0.29, 0.717) is 22.2 Å². The van der Waals surface area contributed by atoms with Gasteiger partial charge < -0.3 is 15.1 Å². The van der Waals surface area contributed by atoms with Gasteiger partial charge in [-0.05, 0) is 74.2 Å². The van der Waals surface area contributed by atoms with Crippen molar-refractivity contribution in [1.82, 2.24) is 10.6 Å². The summed E-state index contributed by atoms with van der Waals surface area (Å²) in [4.78, 5) is 41.1. The zero-order valence-corrected chi connectivity index (χ0v) is 21.9. The Labute approximate surface area is 216 Å². The molecule has 0 aliphatic rings. The van der Waals surface area contributed by atoms with Crippen LogP contribution in [0.2, 0.25) is 5.02 Å². The summed E-state index contributed by atoms with van der Waals surface area (Å²) >= 11 is 6.10. The van der Waals surface area contributed by atoms with Gasteiger partial charge in [-0.15, -0.1) is 0 Å². The van der Waals surface area contributed by atoms with Gasteiger partial charge in [0.15, 0.2) is 5.76 Å². The molecule has 1 heterocycles. The first-order valence-corrected chi connectivity index (χ1v) is 12.2. The summed E-state index contributed by atoms with van der Waals surface area (Å²) in [6.45, 7) is 9.46. The molecule has 7 nitrogen and oxygen atoms in total. The quantitative estimate of drug-likeness (QED) is 0.421. The number of halogens is 1. The number of anilines is 1. The van der Waals surface area contributed by atoms with Crippen LogP contribution in [0.1, 0.15) is 68.3 Å². The first-order chi connectivity index (χ1) is 17.0. The van der Waals surface area contributed by atoms with Gasteiger partial charge in [-0.2, -0.15) is 0 Å². The molecule has 2 aromatic carbocycles. The normalized spacial score (nSPS) is 12.2. The molecule has 0 saturated heterocycles. The van der Waals surface area contributed by atoms with Gasteiger partial charge in [-0.3, -0.25) is 19.3 Å². The third kappa shape index (κ3) is 6.98. The molecule has 0 aliphatic heterocycles. The number of nitrogens with zero attached hydrogens (tertiary/aromatic N) is 1. The van der Waals surface area contributed by atoms with Crippen molar-refractivity contribution in [3.05, 3.63) is 88.8 Å². The van der Waals surface area contributed by atoms with Crippen LogP contribution in [0.4, 0.5) is 5.69 Å². The van der Waals surface area contributed by atoms with E-state index in [9.17, 15) is 14.4 Å². The first-order valence-electron chi connectivity index (χ1n) is 11.8. The second-order valence-electron chi connectivity index (χ2n) is 9.86. The minimum atomic E-state index is -0.986. The molecule has 3 aromatic rings. The molecular weight excluding hydrogens is 478 g/mol. The van der Waals surface area contributed by atoms with Gasteiger partial charge in [0.25, 0.3) is 5.91 Å². The molecule has 0 aliphatic carbocycles. The van der Waals surface area contributed by atoms with Gasteiger partial charge in [0, 0.05) is 16.2 Å². The number of furan rings is 1. The highest BCUT2D eigenvalue weighted by Gasteiger charge is 2.34. The van der Waals surface area contributed by atoms with Crippen molar-refractivity contribution in [3.8, 4) is 0 Å². The third-order valence-corrected chi connectivity index (χ3v) is 5.69. The van der Waals surface area contributed by atoms with E-state index in [2.05, 4.69) is 24.5 Å². The molecule has 1 unspecified atom stereocenters. The van der Waals surface area contributed by atoms with Gasteiger partial charge >= 0.3 is 0 Å². The van der Waals surface area contributed by atoms with Crippen molar-refractivity contribution in [1.29, 1.82) is 0 Å². The Morgan fingerprint density at radius 3 is 2.08 bits per heavy atom. The monoisotopic (exact) mass is 509 g/mol. The highest BCUT2D eigenvalue weighted by molar-refractivity contribution is 6.30. The maximum atomic E-state index is 13.7. The van der Waals surface area contributed by atoms with E-state index in [-0.39, 0.29) is 18.2 Å². The summed E-state index contributed by atoms with van der Waals surface area (Å²) in [5.74, 6) is -0.945. The molecule has 0 saturated carbocycles. The molecule has 3 amide bonds. The van der Waals surface area contributed by atoms with Crippen molar-refractivity contribution < 1.29 is 18.8 Å². The number of hydrogen-bond acceptors (Lipinski definition) is 4. The smallest absolute Gasteiger partial charge is 0.287 e. The maximum absolute atomic E-state index is 13.7. The summed E-state index contributed by atoms with van der Waals surface area (Å²) in [5.41, 5.74) is 1.69. The molecule has 0 fully saturated rings. The average Bonchev–Trinajstić information content (AvgIpc) is 3.35. The molecule has 3 rings (SSSR count). The molecule has 2 N–H and O–H groups in total. The van der Waals surface area contributed by atoms with E-state index < -0.39 is 23.4 Å². The summed E-state index contributed by atoms with van der Waals surface area (Å²) in [7, 11) is 0. The number of hydrogen-bond donors (Lipinski definition) is 2. The van der Waals surface area contributed by atoms with Crippen molar-refractivity contribution in [2.75, 3.05) is 11.4 Å². The number of carbonyl (C=O) groups excluding carboxylic acids is 3. The van der Waals surface area contributed by atoms with Crippen LogP contribution in [0.15, 0.2) is 71.3 Å². The van der Waals surface area contributed by atoms with Crippen LogP contribution < -0.4 is 15.5 Å². The van der Waals surface area contributed by atoms with E-state index in [0.717, 1.165) is 5.56 Å². The maximum Gasteiger partial charge on any atom is 0.287 e. The van der Waals surface area contributed by atoms with Crippen LogP contribution >= 0.6 is 11.6 Å². The molecule has 0 spiro atoms. The standard InChI is InChI=1S/C28H32ClN3O4/c1-18(2)19-8-10-20(11-9-19)25(27(35)31-28(3,4)5)32(22-14-12-21(29)13-15-22)24(33)17-30-26(34)23-7-6-16-36-23/h6-16,18,25H,17H2,1-5H3,(H,30,34)(H,31,35). The van der Waals surface area contributed by atoms with Crippen LogP contribution in [-0.2, 0) is 9.59 Å². The van der Waals surface area contributed by atoms with E-state index in [1.807, 2.05) is 45.0 Å². The topological polar surface area (TPSA) is 91.7 Å². The van der Waals surface area contributed by atoms with E-state index in [1.165, 1.54) is 17.2 Å². The Kier molecular flexibility index (Phi) is 8.58. The summed E-state index contributed by atoms with van der Waals surface area (Å²) in [6.07, 6.45) is 1.38. The fraction of sp³-hybridized carbons (Fsp3) is 0.321. The highest BCUT2D eigenvalue weighted by Crippen LogP contribution is 2.30. The molecule has 0 radical (unpaired) electrons. The Hall–Kier alpha value is -3.58. The molecule has 190 valence electrons. The highest BCUT2D eigenvalue weighted by atomic mass is 35.5. The SMILES string of the molecule is CC(C)c1ccc(C(C(=O)NC(C)(C)C)N(C(=O)CNC(=O)c2ccco2)c2ccc(Cl)cc2)cc1. The van der Waals surface area contributed by atoms with Gasteiger partial charge in [0.05, 0.1) is 12.8 Å². The van der Waals surface area contributed by atoms with Crippen molar-refractivity contribution in [2.24, 2.45) is 0 Å². The van der Waals surface area contributed by atoms with E-state index in [1.54, 1.807) is 30.3 Å².